The zero-order valence-corrected chi connectivity index (χ0v) is 28.3. The summed E-state index contributed by atoms with van der Waals surface area (Å²) in [5, 5.41) is 7.46. The average Bonchev–Trinajstić information content (AvgIpc) is 3.87. The van der Waals surface area contributed by atoms with Crippen molar-refractivity contribution in [3.63, 3.8) is 0 Å². The molecule has 238 valence electrons. The first-order valence-electron chi connectivity index (χ1n) is 17.8. The van der Waals surface area contributed by atoms with Crippen molar-refractivity contribution in [3.05, 3.63) is 163 Å². The Morgan fingerprint density at radius 3 is 1.94 bits per heavy atom. The lowest BCUT2D eigenvalue weighted by molar-refractivity contribution is 0.661. The van der Waals surface area contributed by atoms with Crippen LogP contribution in [-0.2, 0) is 5.41 Å². The van der Waals surface area contributed by atoms with Crippen molar-refractivity contribution in [2.75, 3.05) is 0 Å². The molecule has 2 heteroatoms. The molecular formula is C49H31NO. The van der Waals surface area contributed by atoms with Gasteiger partial charge >= 0.3 is 0 Å². The number of hydrogen-bond acceptors (Lipinski definition) is 1. The highest BCUT2D eigenvalue weighted by Gasteiger charge is 2.36. The van der Waals surface area contributed by atoms with Crippen molar-refractivity contribution in [1.29, 1.82) is 0 Å². The van der Waals surface area contributed by atoms with Gasteiger partial charge in [0, 0.05) is 32.6 Å². The van der Waals surface area contributed by atoms with E-state index in [0.29, 0.717) is 0 Å². The number of furan rings is 1. The molecule has 8 aromatic carbocycles. The first-order chi connectivity index (χ1) is 25.0. The maximum absolute atomic E-state index is 6.48. The second kappa shape index (κ2) is 9.44. The minimum atomic E-state index is -0.0510. The van der Waals surface area contributed by atoms with Crippen molar-refractivity contribution < 1.29 is 4.42 Å². The summed E-state index contributed by atoms with van der Waals surface area (Å²) in [6, 6.07) is 56.1. The molecular weight excluding hydrogens is 619 g/mol. The molecule has 2 aliphatic rings. The van der Waals surface area contributed by atoms with Gasteiger partial charge in [-0.25, -0.2) is 0 Å². The molecule has 0 bridgehead atoms. The number of rotatable bonds is 2. The monoisotopic (exact) mass is 649 g/mol. The smallest absolute Gasteiger partial charge is 0.135 e. The van der Waals surface area contributed by atoms with Crippen molar-refractivity contribution in [3.8, 4) is 50.2 Å². The van der Waals surface area contributed by atoms with Gasteiger partial charge in [0.2, 0.25) is 0 Å². The van der Waals surface area contributed by atoms with E-state index in [1.165, 1.54) is 88.2 Å². The third-order valence-corrected chi connectivity index (χ3v) is 11.9. The van der Waals surface area contributed by atoms with Gasteiger partial charge in [0.15, 0.2) is 0 Å². The van der Waals surface area contributed by atoms with Crippen molar-refractivity contribution in [1.82, 2.24) is 4.57 Å². The summed E-state index contributed by atoms with van der Waals surface area (Å²) in [7, 11) is 0. The summed E-state index contributed by atoms with van der Waals surface area (Å²) in [6.07, 6.45) is 0. The van der Waals surface area contributed by atoms with Crippen LogP contribution in [0.25, 0.3) is 105 Å². The van der Waals surface area contributed by atoms with Crippen LogP contribution in [0, 0.1) is 0 Å². The number of para-hydroxylation sites is 1. The number of fused-ring (bicyclic) bond motifs is 12. The van der Waals surface area contributed by atoms with Crippen LogP contribution in [0.1, 0.15) is 25.0 Å². The van der Waals surface area contributed by atoms with Gasteiger partial charge in [-0.3, -0.25) is 0 Å². The zero-order chi connectivity index (χ0) is 33.6. The van der Waals surface area contributed by atoms with Crippen molar-refractivity contribution >= 4 is 54.5 Å². The predicted molar refractivity (Wildman–Crippen MR) is 213 cm³/mol. The minimum absolute atomic E-state index is 0.0510. The Morgan fingerprint density at radius 2 is 1.08 bits per heavy atom. The number of hydrogen-bond donors (Lipinski definition) is 0. The van der Waals surface area contributed by atoms with Gasteiger partial charge in [0.25, 0.3) is 0 Å². The van der Waals surface area contributed by atoms with E-state index >= 15 is 0 Å². The standard InChI is InChI=1S/C49H31NO/c1-49(2)42-16-7-5-12-33(42)38-27-45-39(26-43(38)49)34-13-6-8-17-44(34)50(45)29-19-23-47-41(25-29)40-24-28(18-22-46(40)51-47)30-20-21-37-32-11-4-3-10-31(32)36-15-9-14-35(30)48(36)37/h3-27H,1-2H3. The molecule has 0 radical (unpaired) electrons. The highest BCUT2D eigenvalue weighted by Crippen LogP contribution is 2.52. The molecule has 0 spiro atoms. The molecule has 0 aliphatic heterocycles. The molecule has 0 atom stereocenters. The van der Waals surface area contributed by atoms with Crippen LogP contribution < -0.4 is 0 Å². The van der Waals surface area contributed by atoms with Crippen LogP contribution in [0.4, 0.5) is 0 Å². The first kappa shape index (κ1) is 27.4. The summed E-state index contributed by atoms with van der Waals surface area (Å²) in [5.41, 5.74) is 18.5. The molecule has 2 aromatic heterocycles. The number of benzene rings is 8. The van der Waals surface area contributed by atoms with Gasteiger partial charge in [0.05, 0.1) is 11.0 Å². The molecule has 2 heterocycles. The second-order valence-electron chi connectivity index (χ2n) is 14.9. The zero-order valence-electron chi connectivity index (χ0n) is 28.3. The largest absolute Gasteiger partial charge is 0.456 e. The Morgan fingerprint density at radius 1 is 0.412 bits per heavy atom. The van der Waals surface area contributed by atoms with Crippen LogP contribution in [0.3, 0.4) is 0 Å². The first-order valence-corrected chi connectivity index (χ1v) is 17.8. The molecule has 0 amide bonds. The maximum atomic E-state index is 6.48. The van der Waals surface area contributed by atoms with Gasteiger partial charge in [-0.2, -0.15) is 0 Å². The van der Waals surface area contributed by atoms with E-state index < -0.39 is 0 Å². The molecule has 0 unspecified atom stereocenters. The van der Waals surface area contributed by atoms with Gasteiger partial charge in [-0.15, -0.1) is 0 Å². The Bertz CT molecular complexity index is 3140. The lowest BCUT2D eigenvalue weighted by atomic mass is 9.82. The summed E-state index contributed by atoms with van der Waals surface area (Å²) in [5.74, 6) is 0. The van der Waals surface area contributed by atoms with Crippen molar-refractivity contribution in [2.24, 2.45) is 0 Å². The second-order valence-corrected chi connectivity index (χ2v) is 14.9. The van der Waals surface area contributed by atoms with Crippen LogP contribution in [0.5, 0.6) is 0 Å². The highest BCUT2D eigenvalue weighted by atomic mass is 16.3. The Labute approximate surface area is 294 Å². The minimum Gasteiger partial charge on any atom is -0.456 e. The molecule has 10 aromatic rings. The van der Waals surface area contributed by atoms with E-state index in [9.17, 15) is 0 Å². The highest BCUT2D eigenvalue weighted by molar-refractivity contribution is 6.19. The average molecular weight is 650 g/mol. The van der Waals surface area contributed by atoms with Gasteiger partial charge in [-0.1, -0.05) is 117 Å². The van der Waals surface area contributed by atoms with E-state index in [2.05, 4.69) is 170 Å². The van der Waals surface area contributed by atoms with E-state index in [1.54, 1.807) is 0 Å². The summed E-state index contributed by atoms with van der Waals surface area (Å²) in [4.78, 5) is 0. The molecule has 12 rings (SSSR count). The SMILES string of the molecule is CC1(C)c2ccccc2-c2cc3c(cc21)c1ccccc1n3-c1ccc2oc3ccc(-c4ccc5c6c(cccc46)-c4ccccc4-5)cc3c2c1. The molecule has 2 nitrogen and oxygen atoms in total. The Balaban J connectivity index is 1.07. The fourth-order valence-electron chi connectivity index (χ4n) is 9.57. The Hall–Kier alpha value is -6.38. The van der Waals surface area contributed by atoms with Crippen LogP contribution in [-0.4, -0.2) is 4.57 Å². The molecule has 0 N–H and O–H groups in total. The lowest BCUT2D eigenvalue weighted by Crippen LogP contribution is -2.14. The van der Waals surface area contributed by atoms with Crippen LogP contribution in [0.15, 0.2) is 156 Å². The van der Waals surface area contributed by atoms with E-state index in [0.717, 1.165) is 27.6 Å². The van der Waals surface area contributed by atoms with E-state index in [4.69, 9.17) is 4.42 Å². The van der Waals surface area contributed by atoms with Gasteiger partial charge in [0.1, 0.15) is 11.2 Å². The molecule has 0 fully saturated rings. The fraction of sp³-hybridized carbons (Fsp3) is 0.0612. The predicted octanol–water partition coefficient (Wildman–Crippen LogP) is 13.5. The van der Waals surface area contributed by atoms with Crippen LogP contribution in [0.2, 0.25) is 0 Å². The molecule has 2 aliphatic carbocycles. The lowest BCUT2D eigenvalue weighted by Gasteiger charge is -2.21. The normalized spacial score (nSPS) is 13.8. The molecule has 0 saturated carbocycles. The van der Waals surface area contributed by atoms with E-state index in [1.807, 2.05) is 0 Å². The Kier molecular flexibility index (Phi) is 5.08. The van der Waals surface area contributed by atoms with Crippen LogP contribution >= 0.6 is 0 Å². The quantitative estimate of drug-likeness (QED) is 0.182. The maximum Gasteiger partial charge on any atom is 0.135 e. The van der Waals surface area contributed by atoms with Gasteiger partial charge < -0.3 is 8.98 Å². The third kappa shape index (κ3) is 3.47. The molecule has 51 heavy (non-hydrogen) atoms. The fourth-order valence-corrected chi connectivity index (χ4v) is 9.57. The number of aromatic nitrogens is 1. The van der Waals surface area contributed by atoms with E-state index in [-0.39, 0.29) is 5.41 Å². The van der Waals surface area contributed by atoms with Gasteiger partial charge in [-0.05, 0) is 115 Å². The van der Waals surface area contributed by atoms with Crippen molar-refractivity contribution in [2.45, 2.75) is 19.3 Å². The number of nitrogens with zero attached hydrogens (tertiary/aromatic N) is 1. The summed E-state index contributed by atoms with van der Waals surface area (Å²) in [6.45, 7) is 4.72. The summed E-state index contributed by atoms with van der Waals surface area (Å²) >= 11 is 0. The third-order valence-electron chi connectivity index (χ3n) is 11.9. The topological polar surface area (TPSA) is 18.1 Å². The summed E-state index contributed by atoms with van der Waals surface area (Å²) < 4.78 is 8.93. The molecule has 0 saturated heterocycles.